The second kappa shape index (κ2) is 7.50. The van der Waals surface area contributed by atoms with Crippen molar-refractivity contribution in [2.45, 2.75) is 12.5 Å². The zero-order chi connectivity index (χ0) is 17.1. The molecular weight excluding hydrogens is 346 g/mol. The molecule has 0 spiro atoms. The van der Waals surface area contributed by atoms with Crippen molar-refractivity contribution >= 4 is 44.3 Å². The van der Waals surface area contributed by atoms with E-state index < -0.39 is 12.0 Å². The number of carbonyl (C=O) groups is 1. The molecule has 1 N–H and O–H groups in total. The first-order chi connectivity index (χ1) is 11.5. The van der Waals surface area contributed by atoms with E-state index in [1.165, 1.54) is 23.1 Å². The van der Waals surface area contributed by atoms with Gasteiger partial charge < -0.3 is 14.7 Å². The zero-order valence-corrected chi connectivity index (χ0v) is 15.2. The van der Waals surface area contributed by atoms with E-state index in [-0.39, 0.29) is 0 Å². The Balaban J connectivity index is 1.70. The molecule has 3 rings (SSSR count). The smallest absolute Gasteiger partial charge is 0.329 e. The van der Waals surface area contributed by atoms with Crippen molar-refractivity contribution in [2.24, 2.45) is 4.99 Å². The molecule has 0 amide bonds. The number of carboxylic acid groups (broad SMARTS) is 1. The molecule has 1 aromatic carbocycles. The van der Waals surface area contributed by atoms with Crippen molar-refractivity contribution in [3.05, 3.63) is 23.2 Å². The molecule has 1 aliphatic rings. The van der Waals surface area contributed by atoms with Crippen molar-refractivity contribution < 1.29 is 14.6 Å². The van der Waals surface area contributed by atoms with Gasteiger partial charge in [-0.15, -0.1) is 23.1 Å². The van der Waals surface area contributed by atoms with Crippen LogP contribution in [0.1, 0.15) is 11.4 Å². The first-order valence-electron chi connectivity index (χ1n) is 7.65. The van der Waals surface area contributed by atoms with Crippen molar-refractivity contribution in [1.29, 1.82) is 0 Å². The van der Waals surface area contributed by atoms with Gasteiger partial charge >= 0.3 is 5.97 Å². The molecule has 0 saturated carbocycles. The number of carboxylic acids is 1. The lowest BCUT2D eigenvalue weighted by Crippen LogP contribution is -2.17. The maximum absolute atomic E-state index is 11.0. The summed E-state index contributed by atoms with van der Waals surface area (Å²) < 4.78 is 6.81. The molecule has 0 radical (unpaired) electrons. The fourth-order valence-corrected chi connectivity index (χ4v) is 4.37. The molecule has 1 atom stereocenters. The Hall–Kier alpha value is -1.64. The van der Waals surface area contributed by atoms with Gasteiger partial charge in [0.15, 0.2) is 6.04 Å². The topological polar surface area (TPSA) is 75.0 Å². The van der Waals surface area contributed by atoms with Gasteiger partial charge in [0.2, 0.25) is 0 Å². The molecule has 0 saturated heterocycles. The van der Waals surface area contributed by atoms with Crippen LogP contribution < -0.4 is 4.74 Å². The SMILES string of the molecule is CN(C)CCCOc1ccc2nc(C3=NC(C(=O)O)CS3)sc2c1. The van der Waals surface area contributed by atoms with Gasteiger partial charge in [-0.3, -0.25) is 4.99 Å². The Morgan fingerprint density at radius 1 is 1.46 bits per heavy atom. The van der Waals surface area contributed by atoms with Crippen LogP contribution in [0.2, 0.25) is 0 Å². The summed E-state index contributed by atoms with van der Waals surface area (Å²) >= 11 is 2.97. The average Bonchev–Trinajstić information content (AvgIpc) is 3.17. The maximum atomic E-state index is 11.0. The fraction of sp³-hybridized carbons (Fsp3) is 0.438. The molecular formula is C16H19N3O3S2. The average molecular weight is 365 g/mol. The number of fused-ring (bicyclic) bond motifs is 1. The number of aromatic nitrogens is 1. The van der Waals surface area contributed by atoms with Gasteiger partial charge in [-0.2, -0.15) is 0 Å². The number of rotatable bonds is 7. The predicted molar refractivity (Wildman–Crippen MR) is 98.7 cm³/mol. The van der Waals surface area contributed by atoms with Crippen LogP contribution in [0.4, 0.5) is 0 Å². The highest BCUT2D eigenvalue weighted by atomic mass is 32.2. The largest absolute Gasteiger partial charge is 0.493 e. The molecule has 1 unspecified atom stereocenters. The summed E-state index contributed by atoms with van der Waals surface area (Å²) in [5, 5.41) is 10.5. The van der Waals surface area contributed by atoms with Crippen LogP contribution in [0.5, 0.6) is 5.75 Å². The number of aliphatic carboxylic acids is 1. The summed E-state index contributed by atoms with van der Waals surface area (Å²) in [6.07, 6.45) is 0.975. The molecule has 24 heavy (non-hydrogen) atoms. The van der Waals surface area contributed by atoms with Gasteiger partial charge in [-0.25, -0.2) is 9.78 Å². The van der Waals surface area contributed by atoms with E-state index in [0.29, 0.717) is 12.4 Å². The van der Waals surface area contributed by atoms with E-state index in [1.807, 2.05) is 32.3 Å². The van der Waals surface area contributed by atoms with Crippen LogP contribution in [-0.4, -0.2) is 65.0 Å². The van der Waals surface area contributed by atoms with E-state index in [4.69, 9.17) is 9.84 Å². The van der Waals surface area contributed by atoms with Crippen LogP contribution in [-0.2, 0) is 4.79 Å². The Bertz CT molecular complexity index is 773. The van der Waals surface area contributed by atoms with Crippen LogP contribution in [0.15, 0.2) is 23.2 Å². The van der Waals surface area contributed by atoms with Gasteiger partial charge in [0, 0.05) is 12.3 Å². The van der Waals surface area contributed by atoms with Crippen LogP contribution in [0.25, 0.3) is 10.2 Å². The summed E-state index contributed by atoms with van der Waals surface area (Å²) in [7, 11) is 4.09. The van der Waals surface area contributed by atoms with Crippen LogP contribution in [0, 0.1) is 0 Å². The Labute approximate surface area is 148 Å². The summed E-state index contributed by atoms with van der Waals surface area (Å²) in [6.45, 7) is 1.67. The Morgan fingerprint density at radius 2 is 2.29 bits per heavy atom. The van der Waals surface area contributed by atoms with E-state index in [1.54, 1.807) is 0 Å². The minimum Gasteiger partial charge on any atom is -0.493 e. The van der Waals surface area contributed by atoms with Crippen molar-refractivity contribution in [3.63, 3.8) is 0 Å². The number of hydrogen-bond acceptors (Lipinski definition) is 7. The number of thiazole rings is 1. The summed E-state index contributed by atoms with van der Waals surface area (Å²) in [5.41, 5.74) is 0.887. The molecule has 128 valence electrons. The molecule has 2 heterocycles. The minimum atomic E-state index is -0.882. The molecule has 0 fully saturated rings. The third-order valence-corrected chi connectivity index (χ3v) is 5.71. The van der Waals surface area contributed by atoms with E-state index in [0.717, 1.165) is 39.0 Å². The molecule has 0 aliphatic carbocycles. The van der Waals surface area contributed by atoms with Crippen LogP contribution in [0.3, 0.4) is 0 Å². The van der Waals surface area contributed by atoms with E-state index in [9.17, 15) is 4.79 Å². The van der Waals surface area contributed by atoms with Crippen molar-refractivity contribution in [3.8, 4) is 5.75 Å². The lowest BCUT2D eigenvalue weighted by Gasteiger charge is -2.10. The Kier molecular flexibility index (Phi) is 5.37. The highest BCUT2D eigenvalue weighted by molar-refractivity contribution is 8.15. The summed E-state index contributed by atoms with van der Waals surface area (Å²) in [5.74, 6) is 0.425. The standard InChI is InChI=1S/C16H19N3O3S2/c1-19(2)6-3-7-22-10-4-5-11-13(8-10)24-15(17-11)14-18-12(9-23-14)16(20)21/h4-5,8,12H,3,6-7,9H2,1-2H3,(H,20,21). The number of ether oxygens (including phenoxy) is 1. The maximum Gasteiger partial charge on any atom is 0.329 e. The zero-order valence-electron chi connectivity index (χ0n) is 13.6. The van der Waals surface area contributed by atoms with Crippen molar-refractivity contribution in [1.82, 2.24) is 9.88 Å². The lowest BCUT2D eigenvalue weighted by molar-refractivity contribution is -0.137. The lowest BCUT2D eigenvalue weighted by atomic mass is 10.3. The van der Waals surface area contributed by atoms with Crippen molar-refractivity contribution in [2.75, 3.05) is 33.0 Å². The summed E-state index contributed by atoms with van der Waals surface area (Å²) in [4.78, 5) is 21.9. The van der Waals surface area contributed by atoms with Gasteiger partial charge in [0.05, 0.1) is 16.8 Å². The molecule has 1 aromatic heterocycles. The number of nitrogens with zero attached hydrogens (tertiary/aromatic N) is 3. The van der Waals surface area contributed by atoms with Gasteiger partial charge in [-0.05, 0) is 38.7 Å². The first kappa shape index (κ1) is 17.2. The van der Waals surface area contributed by atoms with Gasteiger partial charge in [0.25, 0.3) is 0 Å². The number of hydrogen-bond donors (Lipinski definition) is 1. The number of aliphatic imine (C=N–C) groups is 1. The highest BCUT2D eigenvalue weighted by Gasteiger charge is 2.26. The summed E-state index contributed by atoms with van der Waals surface area (Å²) in [6, 6.07) is 5.19. The third-order valence-electron chi connectivity index (χ3n) is 3.50. The van der Waals surface area contributed by atoms with E-state index in [2.05, 4.69) is 14.9 Å². The normalized spacial score (nSPS) is 17.5. The third kappa shape index (κ3) is 4.06. The van der Waals surface area contributed by atoms with Gasteiger partial charge in [0.1, 0.15) is 15.8 Å². The minimum absolute atomic E-state index is 0.473. The molecule has 0 bridgehead atoms. The second-order valence-corrected chi connectivity index (χ2v) is 7.79. The fourth-order valence-electron chi connectivity index (χ4n) is 2.27. The molecule has 6 nitrogen and oxygen atoms in total. The molecule has 2 aromatic rings. The first-order valence-corrected chi connectivity index (χ1v) is 9.45. The quantitative estimate of drug-likeness (QED) is 0.760. The number of benzene rings is 1. The molecule has 1 aliphatic heterocycles. The van der Waals surface area contributed by atoms with Crippen LogP contribution >= 0.6 is 23.1 Å². The molecule has 8 heteroatoms. The monoisotopic (exact) mass is 365 g/mol. The Morgan fingerprint density at radius 3 is 3.00 bits per heavy atom. The number of thioether (sulfide) groups is 1. The predicted octanol–water partition coefficient (Wildman–Crippen LogP) is 2.57. The van der Waals surface area contributed by atoms with Gasteiger partial charge in [-0.1, -0.05) is 0 Å². The van der Waals surface area contributed by atoms with E-state index >= 15 is 0 Å². The highest BCUT2D eigenvalue weighted by Crippen LogP contribution is 2.31. The second-order valence-electron chi connectivity index (χ2n) is 5.75.